The summed E-state index contributed by atoms with van der Waals surface area (Å²) in [6.45, 7) is 0. The lowest BCUT2D eigenvalue weighted by Gasteiger charge is -2.08. The fourth-order valence-electron chi connectivity index (χ4n) is 2.20. The summed E-state index contributed by atoms with van der Waals surface area (Å²) in [5, 5.41) is 0. The smallest absolute Gasteiger partial charge is 0.306 e. The Kier molecular flexibility index (Phi) is 3.54. The molecule has 126 valence electrons. The van der Waals surface area contributed by atoms with E-state index in [1.807, 2.05) is 0 Å². The first-order valence-electron chi connectivity index (χ1n) is 6.49. The van der Waals surface area contributed by atoms with E-state index in [1.165, 1.54) is 0 Å². The molecule has 3 rings (SSSR count). The summed E-state index contributed by atoms with van der Waals surface area (Å²) in [4.78, 5) is 3.96. The van der Waals surface area contributed by atoms with Gasteiger partial charge in [-0.15, -0.1) is 0 Å². The lowest BCUT2D eigenvalue weighted by Crippen LogP contribution is -2.08. The number of pyridine rings is 1. The first-order valence-corrected chi connectivity index (χ1v) is 6.49. The van der Waals surface area contributed by atoms with E-state index in [9.17, 15) is 30.7 Å². The topological polar surface area (TPSA) is 17.3 Å². The molecule has 0 unspecified atom stereocenters. The molecule has 0 radical (unpaired) electrons. The van der Waals surface area contributed by atoms with E-state index in [0.717, 1.165) is 35.0 Å². The summed E-state index contributed by atoms with van der Waals surface area (Å²) in [7, 11) is 0. The van der Waals surface area contributed by atoms with Gasteiger partial charge in [0.1, 0.15) is 11.5 Å². The van der Waals surface area contributed by atoms with Crippen molar-refractivity contribution in [1.29, 1.82) is 0 Å². The monoisotopic (exact) mass is 348 g/mol. The Bertz CT molecular complexity index is 906. The summed E-state index contributed by atoms with van der Waals surface area (Å²) >= 11 is 0. The number of benzene rings is 1. The van der Waals surface area contributed by atoms with E-state index in [4.69, 9.17) is 0 Å². The Morgan fingerprint density at radius 1 is 0.833 bits per heavy atom. The highest BCUT2D eigenvalue weighted by Crippen LogP contribution is 2.34. The number of fused-ring (bicyclic) bond motifs is 1. The average molecular weight is 348 g/mol. The Morgan fingerprint density at radius 2 is 1.54 bits per heavy atom. The van der Waals surface area contributed by atoms with Crippen LogP contribution in [0.4, 0.5) is 30.7 Å². The second-order valence-electron chi connectivity index (χ2n) is 5.00. The predicted octanol–water partition coefficient (Wildman–Crippen LogP) is 5.18. The quantitative estimate of drug-likeness (QED) is 0.554. The highest BCUT2D eigenvalue weighted by atomic mass is 19.4. The summed E-state index contributed by atoms with van der Waals surface area (Å²) in [6.07, 6.45) is -7.52. The van der Waals surface area contributed by atoms with Crippen molar-refractivity contribution in [2.24, 2.45) is 0 Å². The van der Waals surface area contributed by atoms with Gasteiger partial charge in [0.2, 0.25) is 0 Å². The van der Waals surface area contributed by atoms with Crippen LogP contribution in [0.15, 0.2) is 42.7 Å². The minimum Gasteiger partial charge on any atom is -0.306 e. The first-order chi connectivity index (χ1) is 11.1. The van der Waals surface area contributed by atoms with Gasteiger partial charge in [-0.1, -0.05) is 0 Å². The molecular formula is C15H7F7N2. The van der Waals surface area contributed by atoms with E-state index in [2.05, 4.69) is 4.98 Å². The van der Waals surface area contributed by atoms with Gasteiger partial charge in [-0.2, -0.15) is 26.3 Å². The molecule has 0 atom stereocenters. The molecular weight excluding hydrogens is 341 g/mol. The van der Waals surface area contributed by atoms with Crippen LogP contribution in [-0.2, 0) is 12.4 Å². The van der Waals surface area contributed by atoms with E-state index in [-0.39, 0.29) is 16.9 Å². The molecule has 0 spiro atoms. The number of alkyl halides is 6. The van der Waals surface area contributed by atoms with Gasteiger partial charge >= 0.3 is 12.4 Å². The summed E-state index contributed by atoms with van der Waals surface area (Å²) in [6, 6.07) is 4.21. The summed E-state index contributed by atoms with van der Waals surface area (Å²) < 4.78 is 90.6. The number of aromatic nitrogens is 2. The van der Waals surface area contributed by atoms with Crippen LogP contribution in [0.2, 0.25) is 0 Å². The zero-order valence-corrected chi connectivity index (χ0v) is 11.6. The Morgan fingerprint density at radius 3 is 2.17 bits per heavy atom. The van der Waals surface area contributed by atoms with Crippen LogP contribution in [0.5, 0.6) is 0 Å². The first kappa shape index (κ1) is 16.3. The van der Waals surface area contributed by atoms with Crippen molar-refractivity contribution < 1.29 is 30.7 Å². The Hall–Kier alpha value is -2.58. The highest BCUT2D eigenvalue weighted by molar-refractivity contribution is 5.63. The second kappa shape index (κ2) is 5.22. The number of rotatable bonds is 1. The highest BCUT2D eigenvalue weighted by Gasteiger charge is 2.34. The van der Waals surface area contributed by atoms with Crippen molar-refractivity contribution >= 4 is 5.65 Å². The fraction of sp³-hybridized carbons (Fsp3) is 0.133. The SMILES string of the molecule is Fc1ccc(-c2cn3cc(C(F)(F)F)ccc3n2)cc1C(F)(F)F. The van der Waals surface area contributed by atoms with Crippen molar-refractivity contribution in [2.75, 3.05) is 0 Å². The molecule has 2 nitrogen and oxygen atoms in total. The number of imidazole rings is 1. The Balaban J connectivity index is 2.10. The van der Waals surface area contributed by atoms with E-state index in [1.54, 1.807) is 0 Å². The molecule has 2 heterocycles. The van der Waals surface area contributed by atoms with E-state index >= 15 is 0 Å². The normalized spacial score (nSPS) is 12.8. The van der Waals surface area contributed by atoms with Crippen molar-refractivity contribution in [3.05, 3.63) is 59.7 Å². The van der Waals surface area contributed by atoms with Crippen molar-refractivity contribution in [1.82, 2.24) is 9.38 Å². The Labute approximate surface area is 130 Å². The predicted molar refractivity (Wildman–Crippen MR) is 70.6 cm³/mol. The van der Waals surface area contributed by atoms with Crippen molar-refractivity contribution in [3.63, 3.8) is 0 Å². The molecule has 1 aromatic carbocycles. The molecule has 0 saturated heterocycles. The molecule has 0 N–H and O–H groups in total. The molecule has 0 aliphatic heterocycles. The fourth-order valence-corrected chi connectivity index (χ4v) is 2.20. The second-order valence-corrected chi connectivity index (χ2v) is 5.00. The number of nitrogens with zero attached hydrogens (tertiary/aromatic N) is 2. The molecule has 9 heteroatoms. The van der Waals surface area contributed by atoms with Crippen LogP contribution in [0.1, 0.15) is 11.1 Å². The lowest BCUT2D eigenvalue weighted by molar-refractivity contribution is -0.140. The number of hydrogen-bond acceptors (Lipinski definition) is 1. The van der Waals surface area contributed by atoms with E-state index in [0.29, 0.717) is 12.1 Å². The maximum Gasteiger partial charge on any atom is 0.419 e. The molecule has 0 saturated carbocycles. The third kappa shape index (κ3) is 2.93. The molecule has 0 bridgehead atoms. The summed E-state index contributed by atoms with van der Waals surface area (Å²) in [5.74, 6) is -1.44. The zero-order chi connectivity index (χ0) is 17.7. The van der Waals surface area contributed by atoms with Crippen LogP contribution in [0.25, 0.3) is 16.9 Å². The van der Waals surface area contributed by atoms with E-state index < -0.39 is 29.3 Å². The van der Waals surface area contributed by atoms with Gasteiger partial charge in [0, 0.05) is 18.0 Å². The van der Waals surface area contributed by atoms with Crippen LogP contribution in [0, 0.1) is 5.82 Å². The molecule has 24 heavy (non-hydrogen) atoms. The number of hydrogen-bond donors (Lipinski definition) is 0. The zero-order valence-electron chi connectivity index (χ0n) is 11.6. The van der Waals surface area contributed by atoms with Gasteiger partial charge in [0.05, 0.1) is 16.8 Å². The maximum absolute atomic E-state index is 13.3. The molecule has 3 aromatic rings. The third-order valence-corrected chi connectivity index (χ3v) is 3.35. The molecule has 2 aromatic heterocycles. The number of halogens is 7. The third-order valence-electron chi connectivity index (χ3n) is 3.35. The van der Waals surface area contributed by atoms with Crippen LogP contribution >= 0.6 is 0 Å². The van der Waals surface area contributed by atoms with Gasteiger partial charge in [-0.3, -0.25) is 0 Å². The van der Waals surface area contributed by atoms with Gasteiger partial charge in [-0.05, 0) is 30.3 Å². The molecule has 0 amide bonds. The van der Waals surface area contributed by atoms with Crippen LogP contribution < -0.4 is 0 Å². The van der Waals surface area contributed by atoms with Crippen LogP contribution in [-0.4, -0.2) is 9.38 Å². The van der Waals surface area contributed by atoms with Gasteiger partial charge in [-0.25, -0.2) is 9.37 Å². The maximum atomic E-state index is 13.3. The lowest BCUT2D eigenvalue weighted by atomic mass is 10.1. The molecule has 0 aliphatic carbocycles. The van der Waals surface area contributed by atoms with Gasteiger partial charge in [0.25, 0.3) is 0 Å². The van der Waals surface area contributed by atoms with Crippen molar-refractivity contribution in [2.45, 2.75) is 12.4 Å². The van der Waals surface area contributed by atoms with Gasteiger partial charge < -0.3 is 4.40 Å². The molecule has 0 fully saturated rings. The van der Waals surface area contributed by atoms with Gasteiger partial charge in [0.15, 0.2) is 0 Å². The summed E-state index contributed by atoms with van der Waals surface area (Å²) in [5.41, 5.74) is -2.32. The molecule has 0 aliphatic rings. The van der Waals surface area contributed by atoms with Crippen molar-refractivity contribution in [3.8, 4) is 11.3 Å². The minimum absolute atomic E-state index is 0.000163. The van der Waals surface area contributed by atoms with Crippen LogP contribution in [0.3, 0.4) is 0 Å². The minimum atomic E-state index is -4.89. The average Bonchev–Trinajstić information content (AvgIpc) is 2.88. The largest absolute Gasteiger partial charge is 0.419 e. The standard InChI is InChI=1S/C15H7F7N2/c16-11-3-1-8(5-10(11)15(20,21)22)12-7-24-6-9(14(17,18)19)2-4-13(24)23-12/h1-7H.